The Kier molecular flexibility index (Phi) is 28.6. The molecule has 10 rings (SSSR count). The highest BCUT2D eigenvalue weighted by Gasteiger charge is 2.74. The number of methoxy groups -OCH3 is 3. The Morgan fingerprint density at radius 3 is 1.11 bits per heavy atom. The van der Waals surface area contributed by atoms with Gasteiger partial charge in [0.05, 0.1) is 39.1 Å². The molecule has 1 aromatic carbocycles. The first-order chi connectivity index (χ1) is 51.1. The van der Waals surface area contributed by atoms with Crippen molar-refractivity contribution in [3.63, 3.8) is 0 Å². The van der Waals surface area contributed by atoms with Crippen molar-refractivity contribution in [3.05, 3.63) is 24.3 Å². The van der Waals surface area contributed by atoms with E-state index in [1.165, 1.54) is 71.6 Å². The fraction of sp³-hybridized carbons (Fsp3) is 0.759. The first-order valence-electron chi connectivity index (χ1n) is 38.5. The van der Waals surface area contributed by atoms with E-state index in [1.54, 1.807) is 14.7 Å². The van der Waals surface area contributed by atoms with Crippen LogP contribution < -0.4 is 53.2 Å². The standard InChI is InChI=1S/C25H41N5O5.C22H31N3O7.C17H29N3O4.C15H26N2O3.ClH/c1-24(2,3)19(29-23(35)27-7)22(34)30-12-14-16(25(14,4)5)17(30)20(32)28-15(11-13-9-8-10-13)18(31)21(33)26-6;1-21(2,3)17(23-20(28)31-13-9-7-12(8-10-13)24-32-29)18(26)25-11-14-15(22(14,4)5)16(25)19(27)30-6;1-16(2,3)12(19-15(23)18-6)13(21)20-8-9-10(17(9,4)5)11(20)14(22)24-7;1-14(2,3)11(16)12(18)17-7-8-9(15(8,4)5)10(17)13(19)20-6;/h13-17,19H,8-12H2,1-7H3,(H,26,33)(H,28,32)(H2,27,29,35);7-10,14-17,24,29H,11H2,1-6H3,(H,23,28);9-12H,8H2,1-7H3,(H2,18,19,23);8-11H,7,16H2,1-6H3;1H/t14-,15?,16-,17-,19+;14-,15-,16-,17+;9-,10-,11-,12+;8-,9-,10-,11+;/m0000./s1. The molecule has 4 aliphatic heterocycles. The highest BCUT2D eigenvalue weighted by atomic mass is 35.5. The van der Waals surface area contributed by atoms with Gasteiger partial charge in [0.2, 0.25) is 35.3 Å². The number of nitrogens with one attached hydrogen (secondary N) is 8. The Bertz CT molecular complexity index is 3690. The predicted octanol–water partition coefficient (Wildman–Crippen LogP) is 5.89. The average molecular weight is 1600 g/mol. The molecule has 1 unspecified atom stereocenters. The van der Waals surface area contributed by atoms with Gasteiger partial charge in [-0.3, -0.25) is 33.6 Å². The van der Waals surface area contributed by atoms with E-state index in [4.69, 9.17) is 29.9 Å². The van der Waals surface area contributed by atoms with Gasteiger partial charge >= 0.3 is 36.1 Å². The summed E-state index contributed by atoms with van der Waals surface area (Å²) < 4.78 is 20.1. The molecule has 5 aliphatic carbocycles. The van der Waals surface area contributed by atoms with Crippen LogP contribution >= 0.6 is 12.4 Å². The van der Waals surface area contributed by atoms with Gasteiger partial charge in [0.1, 0.15) is 48.0 Å². The number of piperidine rings is 4. The minimum atomic E-state index is -0.923. The lowest BCUT2D eigenvalue weighted by molar-refractivity contribution is -0.215. The first-order valence-corrected chi connectivity index (χ1v) is 38.5. The summed E-state index contributed by atoms with van der Waals surface area (Å²) in [4.78, 5) is 175. The van der Waals surface area contributed by atoms with Gasteiger partial charge in [-0.25, -0.2) is 39.5 Å². The number of carbonyl (C=O) groups is 13. The van der Waals surface area contributed by atoms with Crippen LogP contribution in [0.25, 0.3) is 0 Å². The largest absolute Gasteiger partial charge is 0.467 e. The first kappa shape index (κ1) is 92.8. The topological polar surface area (TPSA) is 424 Å². The van der Waals surface area contributed by atoms with Gasteiger partial charge in [0.25, 0.3) is 5.91 Å². The van der Waals surface area contributed by atoms with E-state index in [-0.39, 0.29) is 116 Å². The third-order valence-electron chi connectivity index (χ3n) is 25.5. The molecule has 0 spiro atoms. The highest BCUT2D eigenvalue weighted by Crippen LogP contribution is 2.68. The van der Waals surface area contributed by atoms with E-state index in [9.17, 15) is 62.3 Å². The quantitative estimate of drug-likeness (QED) is 0.0254. The lowest BCUT2D eigenvalue weighted by Crippen LogP contribution is -2.61. The molecule has 17 atom stereocenters. The van der Waals surface area contributed by atoms with Crippen LogP contribution in [0.3, 0.4) is 0 Å². The number of carbonyl (C=O) groups excluding carboxylic acids is 13. The van der Waals surface area contributed by atoms with Crippen LogP contribution in [0.2, 0.25) is 0 Å². The van der Waals surface area contributed by atoms with Gasteiger partial charge in [-0.1, -0.05) is 158 Å². The second kappa shape index (κ2) is 34.5. The molecule has 630 valence electrons. The van der Waals surface area contributed by atoms with Crippen molar-refractivity contribution >= 4 is 95.4 Å². The summed E-state index contributed by atoms with van der Waals surface area (Å²) in [6.45, 7) is 41.4. The number of likely N-dealkylation sites (tertiary alicyclic amines) is 4. The Morgan fingerprint density at radius 2 is 0.812 bits per heavy atom. The number of ether oxygens (including phenoxy) is 4. The van der Waals surface area contributed by atoms with E-state index >= 15 is 0 Å². The van der Waals surface area contributed by atoms with Crippen LogP contribution in [0.5, 0.6) is 5.75 Å². The molecular weight excluding hydrogens is 1470 g/mol. The highest BCUT2D eigenvalue weighted by molar-refractivity contribution is 6.38. The molecule has 33 heteroatoms. The van der Waals surface area contributed by atoms with Gasteiger partial charge in [-0.15, -0.1) is 17.4 Å². The molecule has 112 heavy (non-hydrogen) atoms. The maximum Gasteiger partial charge on any atom is 0.413 e. The molecule has 11 N–H and O–H groups in total. The predicted molar refractivity (Wildman–Crippen MR) is 417 cm³/mol. The van der Waals surface area contributed by atoms with Crippen molar-refractivity contribution < 1.29 is 91.5 Å². The number of likely N-dealkylation sites (N-methyl/N-ethyl adjacent to an activating group) is 1. The van der Waals surface area contributed by atoms with Gasteiger partial charge in [0, 0.05) is 65.1 Å². The van der Waals surface area contributed by atoms with Crippen molar-refractivity contribution in [2.45, 2.75) is 219 Å². The van der Waals surface area contributed by atoms with Crippen molar-refractivity contribution in [1.29, 1.82) is 0 Å². The molecule has 0 bridgehead atoms. The van der Waals surface area contributed by atoms with Gasteiger partial charge in [-0.2, -0.15) is 0 Å². The fourth-order valence-electron chi connectivity index (χ4n) is 17.7. The van der Waals surface area contributed by atoms with Gasteiger partial charge < -0.3 is 81.5 Å². The number of fused-ring (bicyclic) bond motifs is 4. The summed E-state index contributed by atoms with van der Waals surface area (Å²) >= 11 is 0. The summed E-state index contributed by atoms with van der Waals surface area (Å²) in [5.41, 5.74) is 6.74. The molecule has 0 radical (unpaired) electrons. The maximum atomic E-state index is 13.7. The monoisotopic (exact) mass is 1600 g/mol. The number of rotatable bonds is 19. The van der Waals surface area contributed by atoms with Crippen LogP contribution in [-0.2, 0) is 67.1 Å². The summed E-state index contributed by atoms with van der Waals surface area (Å²) in [5, 5.41) is 26.7. The normalized spacial score (nSPS) is 27.1. The lowest BCUT2D eigenvalue weighted by atomic mass is 9.80. The fourth-order valence-corrected chi connectivity index (χ4v) is 17.7. The zero-order chi connectivity index (χ0) is 84.0. The van der Waals surface area contributed by atoms with Crippen LogP contribution in [0.15, 0.2) is 24.3 Å². The Hall–Kier alpha value is -8.10. The molecule has 4 saturated heterocycles. The molecule has 5 saturated carbocycles. The summed E-state index contributed by atoms with van der Waals surface area (Å²) in [7, 11) is 8.41. The molecule has 9 fully saturated rings. The molecule has 4 heterocycles. The molecule has 11 amide bonds. The minimum absolute atomic E-state index is 0. The second-order valence-corrected chi connectivity index (χ2v) is 38.1. The van der Waals surface area contributed by atoms with E-state index < -0.39 is 112 Å². The van der Waals surface area contributed by atoms with Crippen LogP contribution in [0.4, 0.5) is 20.1 Å². The number of amides is 11. The Morgan fingerprint density at radius 1 is 0.482 bits per heavy atom. The summed E-state index contributed by atoms with van der Waals surface area (Å²) in [5.74, 6) is -2.09. The zero-order valence-corrected chi connectivity index (χ0v) is 71.2. The second-order valence-electron chi connectivity index (χ2n) is 38.1. The zero-order valence-electron chi connectivity index (χ0n) is 70.4. The third-order valence-corrected chi connectivity index (χ3v) is 25.5. The number of Topliss-reactive ketones (excluding diaryl/α,β-unsaturated/α-hetero) is 1. The van der Waals surface area contributed by atoms with Gasteiger partial charge in [-0.05, 0) is 110 Å². The number of hydrogen-bond acceptors (Lipinski definition) is 21. The maximum absolute atomic E-state index is 13.7. The van der Waals surface area contributed by atoms with E-state index in [0.717, 1.165) is 19.3 Å². The number of anilines is 1. The number of esters is 3. The molecule has 32 nitrogen and oxygen atoms in total. The van der Waals surface area contributed by atoms with Crippen LogP contribution in [0, 0.1) is 96.6 Å². The van der Waals surface area contributed by atoms with Gasteiger partial charge in [0.15, 0.2) is 0 Å². The van der Waals surface area contributed by atoms with Crippen molar-refractivity contribution in [2.24, 2.45) is 102 Å². The SMILES string of the molecule is CNC(=O)N[C@H](C(=O)N1C[C@H]2[C@@H]([C@H]1C(=O)NC(CC1CCC1)C(=O)C(=O)NC)C2(C)C)C(C)(C)C.CNC(=O)N[C@H](C(=O)N1C[C@H]2[C@@H]([C@H]1C(=O)OC)C2(C)C)C(C)(C)C.COC(=O)[C@@H]1[C@@H]2[C@H](CN1C(=O)[C@@H](N)C(C)(C)C)C2(C)C.COC(=O)[C@@H]1[C@@H]2[C@H](CN1C(=O)[C@@H](NC(=O)Oc1ccc(NOO)cc1)C(C)(C)C)C2(C)C.Cl. The third kappa shape index (κ3) is 19.5. The van der Waals surface area contributed by atoms with Crippen LogP contribution in [-0.4, -0.2) is 225 Å². The van der Waals surface area contributed by atoms with Crippen molar-refractivity contribution in [2.75, 3.05) is 74.1 Å². The van der Waals surface area contributed by atoms with Crippen molar-refractivity contribution in [3.8, 4) is 5.75 Å². The number of halogens is 1. The number of hydrogen-bond donors (Lipinski definition) is 10. The van der Waals surface area contributed by atoms with Crippen LogP contribution in [0.1, 0.15) is 164 Å². The number of urea groups is 2. The minimum Gasteiger partial charge on any atom is -0.467 e. The number of benzene rings is 1. The number of nitrogens with two attached hydrogens (primary N) is 1. The van der Waals surface area contributed by atoms with Crippen molar-refractivity contribution in [1.82, 2.24) is 56.8 Å². The number of nitrogens with zero attached hydrogens (tertiary/aromatic N) is 4. The number of ketones is 1. The molecule has 1 aromatic rings. The molecule has 0 aromatic heterocycles. The van der Waals surface area contributed by atoms with E-state index in [1.807, 2.05) is 83.1 Å². The Labute approximate surface area is 665 Å². The summed E-state index contributed by atoms with van der Waals surface area (Å²) in [6.07, 6.45) is 2.64. The van der Waals surface area contributed by atoms with E-state index in [0.29, 0.717) is 56.0 Å². The van der Waals surface area contributed by atoms with E-state index in [2.05, 4.69) is 103 Å². The Balaban J connectivity index is 0.000000237. The average Bonchev–Trinajstić information content (AvgIpc) is 1.54. The molecular formula is C79H128ClN13O19. The summed E-state index contributed by atoms with van der Waals surface area (Å²) in [6, 6.07) is -1.28. The smallest absolute Gasteiger partial charge is 0.413 e. The molecule has 9 aliphatic rings. The lowest BCUT2D eigenvalue weighted by Gasteiger charge is -2.38.